The van der Waals surface area contributed by atoms with Crippen LogP contribution in [0.15, 0.2) is 18.2 Å². The van der Waals surface area contributed by atoms with E-state index in [0.717, 1.165) is 18.2 Å². The van der Waals surface area contributed by atoms with Gasteiger partial charge in [-0.3, -0.25) is 0 Å². The summed E-state index contributed by atoms with van der Waals surface area (Å²) in [7, 11) is 0. The Hall–Kier alpha value is -0.900. The molecule has 0 aromatic heterocycles. The van der Waals surface area contributed by atoms with E-state index in [2.05, 4.69) is 0 Å². The molecule has 0 bridgehead atoms. The number of nitrogen functional groups attached to an aromatic ring is 1. The average molecular weight is 196 g/mol. The standard InChI is InChI=1S/C7H5ClF3N/c8-4-1-2-5(6(12)3-4)7(9,10)11/h1-3H,12H2. The fraction of sp³-hybridized carbons (Fsp3) is 0.143. The van der Waals surface area contributed by atoms with Crippen molar-refractivity contribution in [1.82, 2.24) is 0 Å². The van der Waals surface area contributed by atoms with Crippen LogP contribution in [0.1, 0.15) is 5.56 Å². The minimum absolute atomic E-state index is 0.195. The van der Waals surface area contributed by atoms with Crippen LogP contribution in [0.25, 0.3) is 0 Å². The average Bonchev–Trinajstić information content (AvgIpc) is 1.83. The molecule has 1 rings (SSSR count). The van der Waals surface area contributed by atoms with Gasteiger partial charge in [-0.2, -0.15) is 13.2 Å². The fourth-order valence-corrected chi connectivity index (χ4v) is 0.972. The predicted molar refractivity (Wildman–Crippen MR) is 40.9 cm³/mol. The first-order valence-corrected chi connectivity index (χ1v) is 3.41. The van der Waals surface area contributed by atoms with Gasteiger partial charge in [-0.15, -0.1) is 0 Å². The number of anilines is 1. The summed E-state index contributed by atoms with van der Waals surface area (Å²) in [5.74, 6) is 0. The van der Waals surface area contributed by atoms with Crippen molar-refractivity contribution < 1.29 is 13.2 Å². The molecule has 12 heavy (non-hydrogen) atoms. The van der Waals surface area contributed by atoms with Gasteiger partial charge >= 0.3 is 6.18 Å². The third-order valence-electron chi connectivity index (χ3n) is 1.32. The van der Waals surface area contributed by atoms with Crippen molar-refractivity contribution in [2.75, 3.05) is 5.73 Å². The minimum atomic E-state index is -4.41. The molecule has 0 aliphatic rings. The Balaban J connectivity index is 3.19. The largest absolute Gasteiger partial charge is 0.418 e. The number of hydrogen-bond donors (Lipinski definition) is 1. The zero-order chi connectivity index (χ0) is 9.35. The summed E-state index contributed by atoms with van der Waals surface area (Å²) >= 11 is 5.42. The van der Waals surface area contributed by atoms with Gasteiger partial charge in [0.25, 0.3) is 0 Å². The van der Waals surface area contributed by atoms with Gasteiger partial charge in [-0.05, 0) is 18.2 Å². The van der Waals surface area contributed by atoms with Crippen molar-refractivity contribution in [2.24, 2.45) is 0 Å². The second-order valence-corrected chi connectivity index (χ2v) is 2.67. The smallest absolute Gasteiger partial charge is 0.398 e. The molecular formula is C7H5ClF3N. The Morgan fingerprint density at radius 3 is 2.25 bits per heavy atom. The molecule has 1 aromatic rings. The molecule has 0 saturated heterocycles. The number of alkyl halides is 3. The Labute approximate surface area is 71.9 Å². The van der Waals surface area contributed by atoms with Gasteiger partial charge in [-0.1, -0.05) is 11.6 Å². The Morgan fingerprint density at radius 1 is 1.25 bits per heavy atom. The van der Waals surface area contributed by atoms with E-state index in [1.807, 2.05) is 0 Å². The summed E-state index contributed by atoms with van der Waals surface area (Å²) in [6, 6.07) is 3.09. The molecule has 2 N–H and O–H groups in total. The molecule has 0 amide bonds. The number of benzene rings is 1. The summed E-state index contributed by atoms with van der Waals surface area (Å²) in [6.07, 6.45) is -4.41. The summed E-state index contributed by atoms with van der Waals surface area (Å²) < 4.78 is 36.2. The maximum Gasteiger partial charge on any atom is 0.418 e. The van der Waals surface area contributed by atoms with Crippen LogP contribution in [0.4, 0.5) is 18.9 Å². The summed E-state index contributed by atoms with van der Waals surface area (Å²) in [4.78, 5) is 0. The molecule has 0 atom stereocenters. The molecule has 0 heterocycles. The molecular weight excluding hydrogens is 191 g/mol. The number of nitrogens with two attached hydrogens (primary N) is 1. The van der Waals surface area contributed by atoms with Gasteiger partial charge in [0.2, 0.25) is 0 Å². The molecule has 0 aliphatic heterocycles. The van der Waals surface area contributed by atoms with Gasteiger partial charge in [0, 0.05) is 10.7 Å². The van der Waals surface area contributed by atoms with E-state index in [1.165, 1.54) is 0 Å². The molecule has 5 heteroatoms. The normalized spacial score (nSPS) is 11.7. The first-order valence-electron chi connectivity index (χ1n) is 3.03. The highest BCUT2D eigenvalue weighted by atomic mass is 35.5. The van der Waals surface area contributed by atoms with E-state index < -0.39 is 11.7 Å². The van der Waals surface area contributed by atoms with Crippen LogP contribution in [0.2, 0.25) is 5.02 Å². The van der Waals surface area contributed by atoms with E-state index in [-0.39, 0.29) is 10.7 Å². The molecule has 0 radical (unpaired) electrons. The maximum atomic E-state index is 12.1. The molecule has 0 saturated carbocycles. The monoisotopic (exact) mass is 195 g/mol. The predicted octanol–water partition coefficient (Wildman–Crippen LogP) is 2.94. The lowest BCUT2D eigenvalue weighted by molar-refractivity contribution is -0.136. The van der Waals surface area contributed by atoms with Gasteiger partial charge < -0.3 is 5.73 Å². The minimum Gasteiger partial charge on any atom is -0.398 e. The lowest BCUT2D eigenvalue weighted by atomic mass is 10.2. The van der Waals surface area contributed by atoms with Crippen LogP contribution >= 0.6 is 11.6 Å². The van der Waals surface area contributed by atoms with Crippen molar-refractivity contribution in [3.8, 4) is 0 Å². The number of halogens is 4. The van der Waals surface area contributed by atoms with E-state index >= 15 is 0 Å². The van der Waals surface area contributed by atoms with E-state index in [4.69, 9.17) is 17.3 Å². The Kier molecular flexibility index (Phi) is 2.19. The van der Waals surface area contributed by atoms with Crippen LogP contribution < -0.4 is 5.73 Å². The van der Waals surface area contributed by atoms with Crippen LogP contribution in [0.3, 0.4) is 0 Å². The van der Waals surface area contributed by atoms with Crippen molar-refractivity contribution in [3.05, 3.63) is 28.8 Å². The molecule has 0 spiro atoms. The Bertz CT molecular complexity index is 295. The van der Waals surface area contributed by atoms with Crippen molar-refractivity contribution >= 4 is 17.3 Å². The third-order valence-corrected chi connectivity index (χ3v) is 1.55. The molecule has 1 nitrogen and oxygen atoms in total. The van der Waals surface area contributed by atoms with E-state index in [0.29, 0.717) is 0 Å². The quantitative estimate of drug-likeness (QED) is 0.633. The molecule has 1 aromatic carbocycles. The summed E-state index contributed by atoms with van der Waals surface area (Å²) in [5.41, 5.74) is 3.90. The summed E-state index contributed by atoms with van der Waals surface area (Å²) in [6.45, 7) is 0. The topological polar surface area (TPSA) is 26.0 Å². The maximum absolute atomic E-state index is 12.1. The second kappa shape index (κ2) is 2.86. The SMILES string of the molecule is Nc1cc(Cl)ccc1C(F)(F)F. The zero-order valence-electron chi connectivity index (χ0n) is 5.82. The highest BCUT2D eigenvalue weighted by Gasteiger charge is 2.32. The third kappa shape index (κ3) is 1.82. The molecule has 0 aliphatic carbocycles. The first-order chi connectivity index (χ1) is 5.41. The van der Waals surface area contributed by atoms with Gasteiger partial charge in [0.1, 0.15) is 0 Å². The van der Waals surface area contributed by atoms with Crippen LogP contribution in [0, 0.1) is 0 Å². The van der Waals surface area contributed by atoms with E-state index in [1.54, 1.807) is 0 Å². The van der Waals surface area contributed by atoms with Crippen LogP contribution in [0.5, 0.6) is 0 Å². The fourth-order valence-electron chi connectivity index (χ4n) is 0.792. The lowest BCUT2D eigenvalue weighted by Crippen LogP contribution is -2.08. The van der Waals surface area contributed by atoms with E-state index in [9.17, 15) is 13.2 Å². The van der Waals surface area contributed by atoms with Crippen molar-refractivity contribution in [2.45, 2.75) is 6.18 Å². The van der Waals surface area contributed by atoms with Gasteiger partial charge in [0.05, 0.1) is 5.56 Å². The Morgan fingerprint density at radius 2 is 1.83 bits per heavy atom. The zero-order valence-corrected chi connectivity index (χ0v) is 6.58. The highest BCUT2D eigenvalue weighted by Crippen LogP contribution is 2.34. The first kappa shape index (κ1) is 9.19. The molecule has 0 unspecified atom stereocenters. The highest BCUT2D eigenvalue weighted by molar-refractivity contribution is 6.30. The van der Waals surface area contributed by atoms with Crippen LogP contribution in [-0.4, -0.2) is 0 Å². The van der Waals surface area contributed by atoms with Gasteiger partial charge in [0.15, 0.2) is 0 Å². The van der Waals surface area contributed by atoms with Gasteiger partial charge in [-0.25, -0.2) is 0 Å². The lowest BCUT2D eigenvalue weighted by Gasteiger charge is -2.08. The molecule has 0 fully saturated rings. The summed E-state index contributed by atoms with van der Waals surface area (Å²) in [5, 5.41) is 0.195. The van der Waals surface area contributed by atoms with Crippen molar-refractivity contribution in [1.29, 1.82) is 0 Å². The second-order valence-electron chi connectivity index (χ2n) is 2.23. The molecule has 66 valence electrons. The number of hydrogen-bond acceptors (Lipinski definition) is 1. The van der Waals surface area contributed by atoms with Crippen LogP contribution in [-0.2, 0) is 6.18 Å². The van der Waals surface area contributed by atoms with Crippen molar-refractivity contribution in [3.63, 3.8) is 0 Å². The number of rotatable bonds is 0.